The molecule has 0 amide bonds. The minimum atomic E-state index is -4.64. The van der Waals surface area contributed by atoms with E-state index in [-0.39, 0.29) is 32.0 Å². The molecule has 0 aromatic carbocycles. The molecular weight excluding hydrogens is 918 g/mol. The lowest BCUT2D eigenvalue weighted by molar-refractivity contribution is -0.870. The third-order valence-corrected chi connectivity index (χ3v) is 13.7. The van der Waals surface area contributed by atoms with Gasteiger partial charge in [-0.1, -0.05) is 234 Å². The number of rotatable bonds is 54. The highest BCUT2D eigenvalue weighted by atomic mass is 31.2. The van der Waals surface area contributed by atoms with Gasteiger partial charge >= 0.3 is 11.9 Å². The Morgan fingerprint density at radius 1 is 0.444 bits per heavy atom. The summed E-state index contributed by atoms with van der Waals surface area (Å²) < 4.78 is 34.2. The second-order valence-electron chi connectivity index (χ2n) is 21.0. The zero-order chi connectivity index (χ0) is 52.7. The first-order valence-electron chi connectivity index (χ1n) is 29.6. The van der Waals surface area contributed by atoms with Crippen LogP contribution >= 0.6 is 7.82 Å². The predicted octanol–water partition coefficient (Wildman–Crippen LogP) is 17.8. The fraction of sp³-hybridized carbons (Fsp3) is 0.774. The molecule has 0 aromatic rings. The van der Waals surface area contributed by atoms with Crippen molar-refractivity contribution in [3.8, 4) is 0 Å². The van der Waals surface area contributed by atoms with Crippen LogP contribution in [-0.2, 0) is 32.7 Å². The van der Waals surface area contributed by atoms with E-state index in [1.807, 2.05) is 21.1 Å². The number of esters is 2. The van der Waals surface area contributed by atoms with E-state index in [4.69, 9.17) is 18.5 Å². The second-order valence-corrected chi connectivity index (χ2v) is 22.4. The van der Waals surface area contributed by atoms with Gasteiger partial charge < -0.3 is 27.9 Å². The number of carbonyl (C=O) groups excluding carboxylic acids is 2. The quantitative estimate of drug-likeness (QED) is 0.0195. The smallest absolute Gasteiger partial charge is 0.306 e. The molecule has 0 N–H and O–H groups in total. The molecular formula is C62H112NO8P. The van der Waals surface area contributed by atoms with Gasteiger partial charge in [0.25, 0.3) is 7.82 Å². The van der Waals surface area contributed by atoms with Crippen LogP contribution in [0.2, 0.25) is 0 Å². The molecule has 9 nitrogen and oxygen atoms in total. The first kappa shape index (κ1) is 69.5. The minimum Gasteiger partial charge on any atom is -0.756 e. The first-order chi connectivity index (χ1) is 35.0. The first-order valence-corrected chi connectivity index (χ1v) is 31.1. The Labute approximate surface area is 444 Å². The number of ether oxygens (including phenoxy) is 2. The highest BCUT2D eigenvalue weighted by Crippen LogP contribution is 2.38. The van der Waals surface area contributed by atoms with Crippen molar-refractivity contribution in [2.45, 2.75) is 264 Å². The lowest BCUT2D eigenvalue weighted by Crippen LogP contribution is -2.37. The summed E-state index contributed by atoms with van der Waals surface area (Å²) in [5.41, 5.74) is 0. The molecule has 10 heteroatoms. The van der Waals surface area contributed by atoms with Gasteiger partial charge in [0.2, 0.25) is 0 Å². The van der Waals surface area contributed by atoms with Gasteiger partial charge in [-0.15, -0.1) is 0 Å². The Balaban J connectivity index is 4.17. The fourth-order valence-corrected chi connectivity index (χ4v) is 8.88. The standard InChI is InChI=1S/C62H112NO8P/c1-6-8-10-12-14-16-18-20-22-24-26-28-29-30-31-32-33-35-37-39-41-43-45-47-49-51-53-55-62(65)71-60(59-70-72(66,67)69-57-56-63(3,4)5)58-68-61(64)54-52-50-48-46-44-42-40-38-36-34-27-25-23-21-19-17-15-13-11-9-7-2/h8,10,14,16,20,22,25-28,30-31,60H,6-7,9,11-13,15,17-19,21,23-24,29,32-59H2,1-5H3/b10-8-,16-14-,22-20-,27-25-,28-26-,31-30-. The molecule has 0 heterocycles. The number of hydrogen-bond acceptors (Lipinski definition) is 8. The highest BCUT2D eigenvalue weighted by Gasteiger charge is 2.22. The number of quaternary nitrogens is 1. The number of carbonyl (C=O) groups is 2. The van der Waals surface area contributed by atoms with E-state index < -0.39 is 26.5 Å². The SMILES string of the molecule is CC/C=C\C/C=C\C/C=C\C/C=C\C/C=C\CCCCCCCCCCCCCC(=O)OC(COC(=O)CCCCCCCCCCC/C=C\CCCCCCCCCC)COP(=O)([O-])OCC[N+](C)(C)C. The van der Waals surface area contributed by atoms with Crippen LogP contribution < -0.4 is 4.89 Å². The van der Waals surface area contributed by atoms with Crippen LogP contribution in [-0.4, -0.2) is 70.0 Å². The Morgan fingerprint density at radius 3 is 1.19 bits per heavy atom. The summed E-state index contributed by atoms with van der Waals surface area (Å²) in [6, 6.07) is 0. The molecule has 0 aliphatic carbocycles. The van der Waals surface area contributed by atoms with Crippen molar-refractivity contribution in [2.24, 2.45) is 0 Å². The summed E-state index contributed by atoms with van der Waals surface area (Å²) in [5, 5.41) is 0. The third kappa shape index (κ3) is 56.7. The normalized spacial score (nSPS) is 13.8. The van der Waals surface area contributed by atoms with E-state index >= 15 is 0 Å². The van der Waals surface area contributed by atoms with Crippen molar-refractivity contribution in [3.05, 3.63) is 72.9 Å². The molecule has 0 fully saturated rings. The van der Waals surface area contributed by atoms with Crippen LogP contribution in [0.5, 0.6) is 0 Å². The van der Waals surface area contributed by atoms with Crippen LogP contribution in [0.15, 0.2) is 72.9 Å². The molecule has 0 saturated heterocycles. The maximum atomic E-state index is 12.8. The Bertz CT molecular complexity index is 1450. The zero-order valence-electron chi connectivity index (χ0n) is 47.4. The molecule has 0 aromatic heterocycles. The number of likely N-dealkylation sites (N-methyl/N-ethyl adjacent to an activating group) is 1. The van der Waals surface area contributed by atoms with Gasteiger partial charge in [0.1, 0.15) is 19.8 Å². The van der Waals surface area contributed by atoms with Crippen LogP contribution in [0.3, 0.4) is 0 Å². The average Bonchev–Trinajstić information content (AvgIpc) is 3.34. The monoisotopic (exact) mass is 1030 g/mol. The minimum absolute atomic E-state index is 0.0337. The summed E-state index contributed by atoms with van der Waals surface area (Å²) >= 11 is 0. The molecule has 418 valence electrons. The fourth-order valence-electron chi connectivity index (χ4n) is 8.15. The van der Waals surface area contributed by atoms with Crippen molar-refractivity contribution in [2.75, 3.05) is 47.5 Å². The topological polar surface area (TPSA) is 111 Å². The lowest BCUT2D eigenvalue weighted by atomic mass is 10.0. The van der Waals surface area contributed by atoms with Crippen LogP contribution in [0.4, 0.5) is 0 Å². The molecule has 0 rings (SSSR count). The molecule has 0 aliphatic rings. The molecule has 0 bridgehead atoms. The van der Waals surface area contributed by atoms with E-state index in [9.17, 15) is 19.0 Å². The van der Waals surface area contributed by atoms with Gasteiger partial charge in [-0.2, -0.15) is 0 Å². The van der Waals surface area contributed by atoms with Gasteiger partial charge in [-0.25, -0.2) is 0 Å². The number of unbranched alkanes of at least 4 members (excludes halogenated alkanes) is 28. The van der Waals surface area contributed by atoms with Crippen LogP contribution in [0.1, 0.15) is 258 Å². The molecule has 0 saturated carbocycles. The van der Waals surface area contributed by atoms with Gasteiger partial charge in [0, 0.05) is 12.8 Å². The zero-order valence-corrected chi connectivity index (χ0v) is 48.3. The van der Waals surface area contributed by atoms with Crippen molar-refractivity contribution in [3.63, 3.8) is 0 Å². The highest BCUT2D eigenvalue weighted by molar-refractivity contribution is 7.45. The molecule has 2 atom stereocenters. The van der Waals surface area contributed by atoms with E-state index in [1.165, 1.54) is 148 Å². The maximum absolute atomic E-state index is 12.8. The Hall–Kier alpha value is -2.55. The summed E-state index contributed by atoms with van der Waals surface area (Å²) in [6.07, 6.45) is 69.4. The van der Waals surface area contributed by atoms with Gasteiger partial charge in [-0.05, 0) is 83.5 Å². The van der Waals surface area contributed by atoms with Gasteiger partial charge in [0.05, 0.1) is 27.7 Å². The summed E-state index contributed by atoms with van der Waals surface area (Å²) in [4.78, 5) is 37.9. The Morgan fingerprint density at radius 2 is 0.792 bits per heavy atom. The molecule has 0 spiro atoms. The molecule has 0 aliphatic heterocycles. The summed E-state index contributed by atoms with van der Waals surface area (Å²) in [7, 11) is 1.16. The number of nitrogens with zero attached hydrogens (tertiary/aromatic N) is 1. The van der Waals surface area contributed by atoms with Gasteiger partial charge in [0.15, 0.2) is 6.10 Å². The number of phosphoric acid groups is 1. The van der Waals surface area contributed by atoms with Crippen molar-refractivity contribution in [1.29, 1.82) is 0 Å². The molecule has 72 heavy (non-hydrogen) atoms. The Kier molecular flexibility index (Phi) is 51.4. The second kappa shape index (κ2) is 53.3. The molecule has 0 radical (unpaired) electrons. The number of phosphoric ester groups is 1. The van der Waals surface area contributed by atoms with Crippen molar-refractivity contribution in [1.82, 2.24) is 0 Å². The van der Waals surface area contributed by atoms with Gasteiger partial charge in [-0.3, -0.25) is 14.2 Å². The van der Waals surface area contributed by atoms with Crippen LogP contribution in [0, 0.1) is 0 Å². The van der Waals surface area contributed by atoms with E-state index in [0.717, 1.165) is 77.0 Å². The summed E-state index contributed by atoms with van der Waals surface area (Å²) in [5.74, 6) is -0.835. The third-order valence-electron chi connectivity index (χ3n) is 12.7. The van der Waals surface area contributed by atoms with Crippen LogP contribution in [0.25, 0.3) is 0 Å². The summed E-state index contributed by atoms with van der Waals surface area (Å²) in [6.45, 7) is 4.14. The number of hydrogen-bond donors (Lipinski definition) is 0. The average molecular weight is 1030 g/mol. The predicted molar refractivity (Wildman–Crippen MR) is 305 cm³/mol. The van der Waals surface area contributed by atoms with E-state index in [2.05, 4.69) is 86.8 Å². The van der Waals surface area contributed by atoms with E-state index in [1.54, 1.807) is 0 Å². The van der Waals surface area contributed by atoms with Crippen molar-refractivity contribution >= 4 is 19.8 Å². The number of allylic oxidation sites excluding steroid dienone is 12. The lowest BCUT2D eigenvalue weighted by Gasteiger charge is -2.28. The molecule has 2 unspecified atom stereocenters. The maximum Gasteiger partial charge on any atom is 0.306 e. The van der Waals surface area contributed by atoms with E-state index in [0.29, 0.717) is 17.4 Å². The largest absolute Gasteiger partial charge is 0.756 e. The van der Waals surface area contributed by atoms with Crippen molar-refractivity contribution < 1.29 is 42.1 Å².